The van der Waals surface area contributed by atoms with Crippen molar-refractivity contribution < 1.29 is 14.2 Å². The molecule has 0 spiro atoms. The predicted octanol–water partition coefficient (Wildman–Crippen LogP) is 4.30. The third-order valence-electron chi connectivity index (χ3n) is 4.34. The molecule has 0 bridgehead atoms. The Morgan fingerprint density at radius 3 is 2.65 bits per heavy atom. The molecule has 4 nitrogen and oxygen atoms in total. The van der Waals surface area contributed by atoms with Gasteiger partial charge in [0, 0.05) is 28.6 Å². The summed E-state index contributed by atoms with van der Waals surface area (Å²) in [5.41, 5.74) is 1.70. The summed E-state index contributed by atoms with van der Waals surface area (Å²) in [6.45, 7) is 4.37. The fraction of sp³-hybridized carbons (Fsp3) is 0.211. The molecule has 0 aliphatic carbocycles. The van der Waals surface area contributed by atoms with E-state index in [0.29, 0.717) is 0 Å². The van der Waals surface area contributed by atoms with Crippen LogP contribution in [0.1, 0.15) is 19.4 Å². The van der Waals surface area contributed by atoms with Crippen LogP contribution in [-0.2, 0) is 0 Å². The highest BCUT2D eigenvalue weighted by Crippen LogP contribution is 2.40. The SMILES string of the molecule is CC1(C)C=Cc2cc3c(cc2O1)ncc1cc2c(cc13)OCO2. The van der Waals surface area contributed by atoms with Crippen LogP contribution in [0.25, 0.3) is 27.8 Å². The number of fused-ring (bicyclic) bond motifs is 5. The Hall–Kier alpha value is -2.75. The molecule has 1 aromatic heterocycles. The fourth-order valence-corrected chi connectivity index (χ4v) is 3.17. The second-order valence-electron chi connectivity index (χ2n) is 6.50. The third kappa shape index (κ3) is 1.88. The Labute approximate surface area is 133 Å². The Morgan fingerprint density at radius 2 is 1.78 bits per heavy atom. The van der Waals surface area contributed by atoms with E-state index in [9.17, 15) is 0 Å². The predicted molar refractivity (Wildman–Crippen MR) is 89.1 cm³/mol. The molecule has 0 atom stereocenters. The highest BCUT2D eigenvalue weighted by atomic mass is 16.7. The van der Waals surface area contributed by atoms with Gasteiger partial charge in [0.15, 0.2) is 11.5 Å². The molecule has 2 aliphatic heterocycles. The number of pyridine rings is 1. The highest BCUT2D eigenvalue weighted by molar-refractivity contribution is 6.07. The molecular weight excluding hydrogens is 290 g/mol. The van der Waals surface area contributed by atoms with Crippen molar-refractivity contribution in [1.82, 2.24) is 4.98 Å². The first-order valence-corrected chi connectivity index (χ1v) is 7.63. The quantitative estimate of drug-likeness (QED) is 0.581. The van der Waals surface area contributed by atoms with E-state index in [4.69, 9.17) is 14.2 Å². The third-order valence-corrected chi connectivity index (χ3v) is 4.34. The minimum atomic E-state index is -0.288. The molecule has 4 heteroatoms. The minimum absolute atomic E-state index is 0.276. The first-order chi connectivity index (χ1) is 11.1. The van der Waals surface area contributed by atoms with Gasteiger partial charge >= 0.3 is 0 Å². The van der Waals surface area contributed by atoms with Gasteiger partial charge in [-0.1, -0.05) is 6.08 Å². The van der Waals surface area contributed by atoms with Gasteiger partial charge in [0.25, 0.3) is 0 Å². The molecule has 0 unspecified atom stereocenters. The molecule has 0 saturated carbocycles. The van der Waals surface area contributed by atoms with Gasteiger partial charge in [-0.05, 0) is 43.5 Å². The second-order valence-corrected chi connectivity index (χ2v) is 6.50. The van der Waals surface area contributed by atoms with Crippen LogP contribution in [0.5, 0.6) is 17.2 Å². The van der Waals surface area contributed by atoms with Gasteiger partial charge < -0.3 is 14.2 Å². The van der Waals surface area contributed by atoms with Crippen LogP contribution >= 0.6 is 0 Å². The average Bonchev–Trinajstić information content (AvgIpc) is 2.97. The molecule has 0 radical (unpaired) electrons. The first kappa shape index (κ1) is 12.8. The molecule has 5 rings (SSSR count). The summed E-state index contributed by atoms with van der Waals surface area (Å²) in [6.07, 6.45) is 6.06. The van der Waals surface area contributed by atoms with E-state index < -0.39 is 0 Å². The molecule has 114 valence electrons. The molecule has 0 N–H and O–H groups in total. The summed E-state index contributed by atoms with van der Waals surface area (Å²) in [7, 11) is 0. The van der Waals surface area contributed by atoms with Crippen LogP contribution < -0.4 is 14.2 Å². The Morgan fingerprint density at radius 1 is 0.957 bits per heavy atom. The first-order valence-electron chi connectivity index (χ1n) is 7.63. The number of ether oxygens (including phenoxy) is 3. The maximum Gasteiger partial charge on any atom is 0.231 e. The lowest BCUT2D eigenvalue weighted by Gasteiger charge is -2.28. The maximum atomic E-state index is 6.04. The molecule has 3 aromatic rings. The molecule has 2 aliphatic rings. The Balaban J connectivity index is 1.81. The average molecular weight is 305 g/mol. The zero-order valence-corrected chi connectivity index (χ0v) is 12.9. The Bertz CT molecular complexity index is 1000. The number of nitrogens with zero attached hydrogens (tertiary/aromatic N) is 1. The number of hydrogen-bond acceptors (Lipinski definition) is 4. The van der Waals surface area contributed by atoms with Crippen LogP contribution in [0.2, 0.25) is 0 Å². The standard InChI is InChI=1S/C19H15NO3/c1-19(2)4-3-11-5-14-13-7-18-17(21-10-22-18)6-12(13)9-20-15(14)8-16(11)23-19/h3-9H,10H2,1-2H3. The second kappa shape index (κ2) is 4.16. The number of rotatable bonds is 0. The van der Waals surface area contributed by atoms with Crippen LogP contribution in [0.4, 0.5) is 0 Å². The lowest BCUT2D eigenvalue weighted by molar-refractivity contribution is 0.159. The lowest BCUT2D eigenvalue weighted by atomic mass is 9.98. The zero-order chi connectivity index (χ0) is 15.6. The number of benzene rings is 2. The monoisotopic (exact) mass is 305 g/mol. The molecule has 3 heterocycles. The summed E-state index contributed by atoms with van der Waals surface area (Å²) in [4.78, 5) is 4.59. The van der Waals surface area contributed by atoms with Gasteiger partial charge in [0.05, 0.1) is 5.52 Å². The van der Waals surface area contributed by atoms with E-state index in [2.05, 4.69) is 23.2 Å². The minimum Gasteiger partial charge on any atom is -0.483 e. The van der Waals surface area contributed by atoms with E-state index in [1.165, 1.54) is 0 Å². The fourth-order valence-electron chi connectivity index (χ4n) is 3.17. The van der Waals surface area contributed by atoms with Gasteiger partial charge in [-0.2, -0.15) is 0 Å². The smallest absolute Gasteiger partial charge is 0.231 e. The number of aromatic nitrogens is 1. The summed E-state index contributed by atoms with van der Waals surface area (Å²) < 4.78 is 17.0. The van der Waals surface area contributed by atoms with Gasteiger partial charge in [0.1, 0.15) is 11.4 Å². The zero-order valence-electron chi connectivity index (χ0n) is 12.9. The van der Waals surface area contributed by atoms with Crippen molar-refractivity contribution in [3.05, 3.63) is 42.1 Å². The molecule has 0 fully saturated rings. The van der Waals surface area contributed by atoms with Gasteiger partial charge in [0.2, 0.25) is 6.79 Å². The molecule has 2 aromatic carbocycles. The van der Waals surface area contributed by atoms with Gasteiger partial charge in [-0.15, -0.1) is 0 Å². The van der Waals surface area contributed by atoms with Crippen molar-refractivity contribution >= 4 is 27.8 Å². The van der Waals surface area contributed by atoms with Crippen LogP contribution in [0, 0.1) is 0 Å². The largest absolute Gasteiger partial charge is 0.483 e. The van der Waals surface area contributed by atoms with E-state index in [1.807, 2.05) is 38.2 Å². The molecular formula is C19H15NO3. The van der Waals surface area contributed by atoms with Crippen LogP contribution in [-0.4, -0.2) is 17.4 Å². The number of hydrogen-bond donors (Lipinski definition) is 0. The van der Waals surface area contributed by atoms with Crippen molar-refractivity contribution in [3.63, 3.8) is 0 Å². The molecule has 0 amide bonds. The summed E-state index contributed by atoms with van der Waals surface area (Å²) in [5, 5.41) is 3.25. The summed E-state index contributed by atoms with van der Waals surface area (Å²) >= 11 is 0. The normalized spacial score (nSPS) is 17.3. The van der Waals surface area contributed by atoms with Crippen molar-refractivity contribution in [2.45, 2.75) is 19.4 Å². The maximum absolute atomic E-state index is 6.04. The molecule has 0 saturated heterocycles. The van der Waals surface area contributed by atoms with E-state index in [0.717, 1.165) is 44.5 Å². The van der Waals surface area contributed by atoms with Crippen molar-refractivity contribution in [2.24, 2.45) is 0 Å². The van der Waals surface area contributed by atoms with Crippen LogP contribution in [0.3, 0.4) is 0 Å². The summed E-state index contributed by atoms with van der Waals surface area (Å²) in [5.74, 6) is 2.44. The van der Waals surface area contributed by atoms with Crippen LogP contribution in [0.15, 0.2) is 36.5 Å². The van der Waals surface area contributed by atoms with Crippen molar-refractivity contribution in [2.75, 3.05) is 6.79 Å². The van der Waals surface area contributed by atoms with E-state index >= 15 is 0 Å². The summed E-state index contributed by atoms with van der Waals surface area (Å²) in [6, 6.07) is 8.16. The topological polar surface area (TPSA) is 40.6 Å². The van der Waals surface area contributed by atoms with E-state index in [1.54, 1.807) is 0 Å². The van der Waals surface area contributed by atoms with Crippen molar-refractivity contribution in [3.8, 4) is 17.2 Å². The van der Waals surface area contributed by atoms with Gasteiger partial charge in [-0.25, -0.2) is 0 Å². The Kier molecular flexibility index (Phi) is 2.31. The molecule has 23 heavy (non-hydrogen) atoms. The van der Waals surface area contributed by atoms with E-state index in [-0.39, 0.29) is 12.4 Å². The highest BCUT2D eigenvalue weighted by Gasteiger charge is 2.23. The van der Waals surface area contributed by atoms with Crippen molar-refractivity contribution in [1.29, 1.82) is 0 Å². The lowest BCUT2D eigenvalue weighted by Crippen LogP contribution is -2.27. The van der Waals surface area contributed by atoms with Gasteiger partial charge in [-0.3, -0.25) is 4.98 Å².